The molecule has 0 atom stereocenters. The summed E-state index contributed by atoms with van der Waals surface area (Å²) in [5.41, 5.74) is 4.41. The number of nitrogens with zero attached hydrogens (tertiary/aromatic N) is 4. The summed E-state index contributed by atoms with van der Waals surface area (Å²) < 4.78 is 10.6. The number of ether oxygens (including phenoxy) is 2. The number of aromatic nitrogens is 2. The van der Waals surface area contributed by atoms with Crippen LogP contribution in [0.5, 0.6) is 6.01 Å². The van der Waals surface area contributed by atoms with Crippen molar-refractivity contribution in [2.75, 3.05) is 51.3 Å². The average Bonchev–Trinajstić information content (AvgIpc) is 3.44. The molecular weight excluding hydrogens is 496 g/mol. The Morgan fingerprint density at radius 3 is 2.72 bits per heavy atom. The number of anilines is 1. The Morgan fingerprint density at radius 2 is 2.00 bits per heavy atom. The standard InChI is InChI=1S/C29H36N6O4/c30-19-24-20-31-28(32-24)39-29(37)33-26-7-6-23(18-25(26)22-4-2-1-3-5-22)21-8-12-35(13-9-21)27(36)10-11-34-14-16-38-17-15-34/h4,6-7,18,20-21H,1-3,5,8-17H2,(H,31,32)(H,33,37). The summed E-state index contributed by atoms with van der Waals surface area (Å²) in [6, 6.07) is 8.12. The van der Waals surface area contributed by atoms with Crippen LogP contribution in [0.1, 0.15) is 67.7 Å². The van der Waals surface area contributed by atoms with Gasteiger partial charge in [0.05, 0.1) is 25.1 Å². The second kappa shape index (κ2) is 12.9. The minimum Gasteiger partial charge on any atom is -0.379 e. The number of likely N-dealkylation sites (tertiary alicyclic amines) is 1. The number of allylic oxidation sites excluding steroid dienone is 2. The third-order valence-electron chi connectivity index (χ3n) is 7.84. The zero-order valence-electron chi connectivity index (χ0n) is 22.3. The number of piperidine rings is 1. The van der Waals surface area contributed by atoms with Gasteiger partial charge in [-0.1, -0.05) is 12.1 Å². The van der Waals surface area contributed by atoms with Crippen molar-refractivity contribution in [3.8, 4) is 12.1 Å². The number of benzene rings is 1. The van der Waals surface area contributed by atoms with Gasteiger partial charge in [-0.2, -0.15) is 5.26 Å². The predicted octanol–water partition coefficient (Wildman–Crippen LogP) is 4.28. The summed E-state index contributed by atoms with van der Waals surface area (Å²) in [6.07, 6.45) is 9.62. The first-order chi connectivity index (χ1) is 19.1. The summed E-state index contributed by atoms with van der Waals surface area (Å²) in [6.45, 7) is 5.65. The maximum atomic E-state index is 12.8. The molecule has 0 unspecified atom stereocenters. The normalized spacial score (nSPS) is 18.7. The predicted molar refractivity (Wildman–Crippen MR) is 146 cm³/mol. The fraction of sp³-hybridized carbons (Fsp3) is 0.517. The highest BCUT2D eigenvalue weighted by molar-refractivity contribution is 5.91. The third kappa shape index (κ3) is 7.05. The van der Waals surface area contributed by atoms with E-state index in [-0.39, 0.29) is 17.6 Å². The summed E-state index contributed by atoms with van der Waals surface area (Å²) >= 11 is 0. The zero-order chi connectivity index (χ0) is 27.0. The Labute approximate surface area is 229 Å². The molecule has 0 radical (unpaired) electrons. The molecule has 0 spiro atoms. The molecule has 39 heavy (non-hydrogen) atoms. The van der Waals surface area contributed by atoms with Gasteiger partial charge < -0.3 is 14.4 Å². The largest absolute Gasteiger partial charge is 0.419 e. The molecule has 1 aromatic heterocycles. The first kappa shape index (κ1) is 26.9. The number of hydrogen-bond acceptors (Lipinski definition) is 7. The van der Waals surface area contributed by atoms with Gasteiger partial charge in [-0.05, 0) is 67.7 Å². The lowest BCUT2D eigenvalue weighted by Crippen LogP contribution is -2.41. The van der Waals surface area contributed by atoms with E-state index in [0.29, 0.717) is 18.0 Å². The maximum Gasteiger partial charge on any atom is 0.419 e. The summed E-state index contributed by atoms with van der Waals surface area (Å²) in [7, 11) is 0. The molecule has 2 fully saturated rings. The van der Waals surface area contributed by atoms with Crippen LogP contribution in [0.2, 0.25) is 0 Å². The number of nitrogens with one attached hydrogen (secondary N) is 2. The number of nitriles is 1. The number of imidazole rings is 1. The SMILES string of the molecule is N#Cc1cnc(OC(=O)Nc2ccc(C3CCN(C(=O)CCN4CCOCC4)CC3)cc2C2=CCCCC2)[nH]1. The third-order valence-corrected chi connectivity index (χ3v) is 7.84. The van der Waals surface area contributed by atoms with Crippen molar-refractivity contribution in [1.82, 2.24) is 19.8 Å². The summed E-state index contributed by atoms with van der Waals surface area (Å²) in [5.74, 6) is 0.606. The molecule has 10 heteroatoms. The van der Waals surface area contributed by atoms with Gasteiger partial charge in [-0.15, -0.1) is 0 Å². The van der Waals surface area contributed by atoms with Crippen LogP contribution < -0.4 is 10.1 Å². The van der Waals surface area contributed by atoms with Crippen LogP contribution in [-0.2, 0) is 9.53 Å². The van der Waals surface area contributed by atoms with E-state index in [0.717, 1.165) is 83.6 Å². The lowest BCUT2D eigenvalue weighted by atomic mass is 9.85. The van der Waals surface area contributed by atoms with Crippen molar-refractivity contribution >= 4 is 23.3 Å². The molecule has 2 amide bonds. The number of H-pyrrole nitrogens is 1. The number of hydrogen-bond donors (Lipinski definition) is 2. The molecule has 0 bridgehead atoms. The minimum absolute atomic E-state index is 0.0228. The maximum absolute atomic E-state index is 12.8. The first-order valence-electron chi connectivity index (χ1n) is 13.9. The van der Waals surface area contributed by atoms with Crippen molar-refractivity contribution in [1.29, 1.82) is 5.26 Å². The van der Waals surface area contributed by atoms with Gasteiger partial charge in [0.25, 0.3) is 0 Å². The Balaban J connectivity index is 1.22. The van der Waals surface area contributed by atoms with E-state index >= 15 is 0 Å². The molecule has 206 valence electrons. The molecule has 0 saturated carbocycles. The lowest BCUT2D eigenvalue weighted by Gasteiger charge is -2.33. The van der Waals surface area contributed by atoms with Crippen LogP contribution in [0, 0.1) is 11.3 Å². The number of carbonyl (C=O) groups excluding carboxylic acids is 2. The van der Waals surface area contributed by atoms with Gasteiger partial charge in [0, 0.05) is 44.7 Å². The zero-order valence-corrected chi connectivity index (χ0v) is 22.3. The van der Waals surface area contributed by atoms with Gasteiger partial charge in [0.1, 0.15) is 11.8 Å². The highest BCUT2D eigenvalue weighted by Crippen LogP contribution is 2.36. The van der Waals surface area contributed by atoms with E-state index in [2.05, 4.69) is 38.4 Å². The van der Waals surface area contributed by atoms with Gasteiger partial charge in [-0.3, -0.25) is 20.0 Å². The average molecular weight is 533 g/mol. The van der Waals surface area contributed by atoms with E-state index in [1.807, 2.05) is 17.0 Å². The molecule has 3 aliphatic rings. The van der Waals surface area contributed by atoms with Crippen LogP contribution in [0.4, 0.5) is 10.5 Å². The molecule has 5 rings (SSSR count). The monoisotopic (exact) mass is 532 g/mol. The molecule has 2 saturated heterocycles. The molecule has 10 nitrogen and oxygen atoms in total. The van der Waals surface area contributed by atoms with Crippen molar-refractivity contribution in [3.63, 3.8) is 0 Å². The number of rotatable bonds is 7. The van der Waals surface area contributed by atoms with Crippen LogP contribution >= 0.6 is 0 Å². The van der Waals surface area contributed by atoms with Gasteiger partial charge >= 0.3 is 12.1 Å². The van der Waals surface area contributed by atoms with Gasteiger partial charge in [-0.25, -0.2) is 9.78 Å². The lowest BCUT2D eigenvalue weighted by molar-refractivity contribution is -0.132. The Hall–Kier alpha value is -3.68. The molecule has 1 aliphatic carbocycles. The van der Waals surface area contributed by atoms with E-state index in [1.54, 1.807) is 0 Å². The first-order valence-corrected chi connectivity index (χ1v) is 13.9. The molecule has 2 N–H and O–H groups in total. The quantitative estimate of drug-likeness (QED) is 0.546. The van der Waals surface area contributed by atoms with Crippen LogP contribution in [0.3, 0.4) is 0 Å². The van der Waals surface area contributed by atoms with E-state index in [9.17, 15) is 9.59 Å². The molecule has 3 heterocycles. The Kier molecular flexibility index (Phi) is 8.91. The van der Waals surface area contributed by atoms with Crippen molar-refractivity contribution in [2.24, 2.45) is 0 Å². The van der Waals surface area contributed by atoms with E-state index in [4.69, 9.17) is 14.7 Å². The smallest absolute Gasteiger partial charge is 0.379 e. The Morgan fingerprint density at radius 1 is 1.18 bits per heavy atom. The summed E-state index contributed by atoms with van der Waals surface area (Å²) in [4.78, 5) is 36.3. The molecule has 2 aliphatic heterocycles. The molecular formula is C29H36N6O4. The van der Waals surface area contributed by atoms with Crippen molar-refractivity contribution < 1.29 is 19.1 Å². The van der Waals surface area contributed by atoms with E-state index < -0.39 is 6.09 Å². The number of aromatic amines is 1. The highest BCUT2D eigenvalue weighted by Gasteiger charge is 2.25. The number of amides is 2. The van der Waals surface area contributed by atoms with Gasteiger partial charge in [0.2, 0.25) is 5.91 Å². The molecule has 2 aromatic rings. The van der Waals surface area contributed by atoms with Crippen molar-refractivity contribution in [2.45, 2.75) is 50.9 Å². The van der Waals surface area contributed by atoms with E-state index in [1.165, 1.54) is 23.8 Å². The second-order valence-corrected chi connectivity index (χ2v) is 10.4. The highest BCUT2D eigenvalue weighted by atomic mass is 16.6. The van der Waals surface area contributed by atoms with Crippen molar-refractivity contribution in [3.05, 3.63) is 47.3 Å². The minimum atomic E-state index is -0.664. The van der Waals surface area contributed by atoms with Crippen LogP contribution in [-0.4, -0.2) is 77.7 Å². The molecule has 1 aromatic carbocycles. The second-order valence-electron chi connectivity index (χ2n) is 10.4. The summed E-state index contributed by atoms with van der Waals surface area (Å²) in [5, 5.41) is 11.8. The number of carbonyl (C=O) groups is 2. The van der Waals surface area contributed by atoms with Gasteiger partial charge in [0.15, 0.2) is 0 Å². The topological polar surface area (TPSA) is 124 Å². The fourth-order valence-corrected chi connectivity index (χ4v) is 5.61. The van der Waals surface area contributed by atoms with Crippen LogP contribution in [0.25, 0.3) is 5.57 Å². The number of morpholine rings is 1. The fourth-order valence-electron chi connectivity index (χ4n) is 5.61. The Bertz CT molecular complexity index is 1230. The van der Waals surface area contributed by atoms with Crippen LogP contribution in [0.15, 0.2) is 30.5 Å².